The van der Waals surface area contributed by atoms with E-state index in [-0.39, 0.29) is 0 Å². The topological polar surface area (TPSA) is 51.1 Å². The average molecular weight is 387 g/mol. The zero-order chi connectivity index (χ0) is 17.9. The molecule has 3 heterocycles. The zero-order valence-electron chi connectivity index (χ0n) is 15.1. The number of aryl methyl sites for hydroxylation is 2. The van der Waals surface area contributed by atoms with Gasteiger partial charge in [0.15, 0.2) is 0 Å². The van der Waals surface area contributed by atoms with Gasteiger partial charge in [-0.1, -0.05) is 29.8 Å². The van der Waals surface area contributed by atoms with Crippen LogP contribution in [0.25, 0.3) is 21.5 Å². The van der Waals surface area contributed by atoms with E-state index in [0.29, 0.717) is 0 Å². The lowest BCUT2D eigenvalue weighted by atomic mass is 10.1. The lowest BCUT2D eigenvalue weighted by Gasteiger charge is -2.26. The van der Waals surface area contributed by atoms with Crippen LogP contribution in [0.1, 0.15) is 10.6 Å². The average Bonchev–Trinajstić information content (AvgIpc) is 3.05. The van der Waals surface area contributed by atoms with E-state index in [1.54, 1.807) is 23.1 Å². The maximum Gasteiger partial charge on any atom is 0.146 e. The van der Waals surface area contributed by atoms with E-state index in [9.17, 15) is 0 Å². The highest BCUT2D eigenvalue weighted by Gasteiger charge is 2.16. The number of thioether (sulfide) groups is 1. The second-order valence-electron chi connectivity index (χ2n) is 6.43. The van der Waals surface area contributed by atoms with Crippen LogP contribution in [-0.4, -0.2) is 58.7 Å². The van der Waals surface area contributed by atoms with Crippen LogP contribution in [0.2, 0.25) is 0 Å². The highest BCUT2D eigenvalue weighted by Crippen LogP contribution is 2.35. The summed E-state index contributed by atoms with van der Waals surface area (Å²) in [4.78, 5) is 7.18. The largest absolute Gasteiger partial charge is 0.379 e. The van der Waals surface area contributed by atoms with Gasteiger partial charge in [0.25, 0.3) is 0 Å². The molecule has 0 N–H and O–H groups in total. The van der Waals surface area contributed by atoms with Crippen LogP contribution in [0.3, 0.4) is 0 Å². The molecule has 1 aliphatic rings. The highest BCUT2D eigenvalue weighted by atomic mass is 32.2. The molecule has 136 valence electrons. The summed E-state index contributed by atoms with van der Waals surface area (Å²) in [5.41, 5.74) is 4.27. The van der Waals surface area contributed by atoms with E-state index >= 15 is 0 Å². The third-order valence-electron chi connectivity index (χ3n) is 4.47. The number of fused-ring (bicyclic) bond motifs is 1. The number of ether oxygens (including phenoxy) is 1. The molecule has 1 saturated heterocycles. The van der Waals surface area contributed by atoms with Crippen molar-refractivity contribution in [2.75, 3.05) is 38.6 Å². The van der Waals surface area contributed by atoms with Crippen molar-refractivity contribution < 1.29 is 4.74 Å². The first-order valence-corrected chi connectivity index (χ1v) is 10.6. The first-order chi connectivity index (χ1) is 12.7. The molecule has 0 bridgehead atoms. The normalized spacial score (nSPS) is 15.6. The number of thiazole rings is 1. The van der Waals surface area contributed by atoms with Crippen LogP contribution >= 0.6 is 23.1 Å². The summed E-state index contributed by atoms with van der Waals surface area (Å²) in [6, 6.07) is 8.45. The van der Waals surface area contributed by atoms with E-state index in [0.717, 1.165) is 70.1 Å². The van der Waals surface area contributed by atoms with Gasteiger partial charge in [-0.15, -0.1) is 33.3 Å². The Labute approximate surface area is 161 Å². The monoisotopic (exact) mass is 386 g/mol. The molecule has 0 atom stereocenters. The van der Waals surface area contributed by atoms with Crippen molar-refractivity contribution in [1.82, 2.24) is 20.1 Å². The Hall–Kier alpha value is -1.54. The molecular weight excluding hydrogens is 364 g/mol. The van der Waals surface area contributed by atoms with Gasteiger partial charge in [-0.05, 0) is 13.8 Å². The van der Waals surface area contributed by atoms with Crippen LogP contribution < -0.4 is 0 Å². The molecule has 0 saturated carbocycles. The van der Waals surface area contributed by atoms with Crippen molar-refractivity contribution >= 4 is 33.3 Å². The molecule has 1 aromatic carbocycles. The summed E-state index contributed by atoms with van der Waals surface area (Å²) in [7, 11) is 0. The fraction of sp³-hybridized carbons (Fsp3) is 0.421. The van der Waals surface area contributed by atoms with E-state index in [4.69, 9.17) is 9.72 Å². The Balaban J connectivity index is 1.56. The van der Waals surface area contributed by atoms with Crippen molar-refractivity contribution in [2.24, 2.45) is 0 Å². The van der Waals surface area contributed by atoms with Gasteiger partial charge >= 0.3 is 0 Å². The maximum absolute atomic E-state index is 5.41. The van der Waals surface area contributed by atoms with Crippen LogP contribution in [0.5, 0.6) is 0 Å². The lowest BCUT2D eigenvalue weighted by molar-refractivity contribution is 0.0410. The molecule has 7 heteroatoms. The minimum atomic E-state index is 0.839. The molecular formula is C19H22N4OS2. The number of morpholine rings is 1. The maximum atomic E-state index is 5.41. The number of nitrogens with zero attached hydrogens (tertiary/aromatic N) is 4. The van der Waals surface area contributed by atoms with Crippen molar-refractivity contribution in [2.45, 2.75) is 18.9 Å². The predicted molar refractivity (Wildman–Crippen MR) is 108 cm³/mol. The molecule has 2 aromatic heterocycles. The number of benzene rings is 1. The Morgan fingerprint density at radius 1 is 1.12 bits per heavy atom. The molecule has 4 rings (SSSR count). The van der Waals surface area contributed by atoms with Crippen LogP contribution in [0.15, 0.2) is 29.3 Å². The minimum absolute atomic E-state index is 0.839. The van der Waals surface area contributed by atoms with Gasteiger partial charge in [0.2, 0.25) is 0 Å². The van der Waals surface area contributed by atoms with E-state index in [1.807, 2.05) is 6.92 Å². The third-order valence-corrected chi connectivity index (χ3v) is 6.38. The second kappa shape index (κ2) is 8.00. The fourth-order valence-electron chi connectivity index (χ4n) is 3.01. The van der Waals surface area contributed by atoms with Crippen molar-refractivity contribution in [3.63, 3.8) is 0 Å². The molecule has 0 unspecified atom stereocenters. The summed E-state index contributed by atoms with van der Waals surface area (Å²) in [5.74, 6) is 0.990. The number of hydrogen-bond acceptors (Lipinski definition) is 7. The Kier molecular flexibility index (Phi) is 5.49. The quantitative estimate of drug-likeness (QED) is 0.622. The van der Waals surface area contributed by atoms with Gasteiger partial charge in [0.05, 0.1) is 22.9 Å². The lowest BCUT2D eigenvalue weighted by Crippen LogP contribution is -2.37. The van der Waals surface area contributed by atoms with Gasteiger partial charge in [-0.2, -0.15) is 0 Å². The minimum Gasteiger partial charge on any atom is -0.379 e. The molecule has 26 heavy (non-hydrogen) atoms. The van der Waals surface area contributed by atoms with Crippen molar-refractivity contribution in [3.8, 4) is 11.3 Å². The Morgan fingerprint density at radius 3 is 2.65 bits per heavy atom. The van der Waals surface area contributed by atoms with Crippen molar-refractivity contribution in [1.29, 1.82) is 0 Å². The molecule has 1 aliphatic heterocycles. The summed E-state index contributed by atoms with van der Waals surface area (Å²) in [6.07, 6.45) is 0. The van der Waals surface area contributed by atoms with Gasteiger partial charge in [-0.3, -0.25) is 4.90 Å². The smallest absolute Gasteiger partial charge is 0.146 e. The standard InChI is InChI=1S/C19H22N4OS2/c1-13-3-5-15(6-4-13)16-18-17(20-14(2)26-18)19(22-21-16)25-12-9-23-7-10-24-11-8-23/h3-6H,7-12H2,1-2H3. The molecule has 0 radical (unpaired) electrons. The van der Waals surface area contributed by atoms with Crippen LogP contribution in [-0.2, 0) is 4.74 Å². The number of aromatic nitrogens is 3. The molecule has 3 aromatic rings. The van der Waals surface area contributed by atoms with Crippen LogP contribution in [0, 0.1) is 13.8 Å². The summed E-state index contributed by atoms with van der Waals surface area (Å²) in [5, 5.41) is 11.1. The van der Waals surface area contributed by atoms with Gasteiger partial charge in [0.1, 0.15) is 16.2 Å². The predicted octanol–water partition coefficient (Wildman–Crippen LogP) is 3.79. The Bertz CT molecular complexity index is 888. The number of hydrogen-bond donors (Lipinski definition) is 0. The molecule has 5 nitrogen and oxygen atoms in total. The molecule has 1 fully saturated rings. The molecule has 0 amide bonds. The van der Waals surface area contributed by atoms with E-state index in [2.05, 4.69) is 46.3 Å². The molecule has 0 spiro atoms. The summed E-state index contributed by atoms with van der Waals surface area (Å²) in [6.45, 7) is 8.89. The Morgan fingerprint density at radius 2 is 1.88 bits per heavy atom. The van der Waals surface area contributed by atoms with E-state index in [1.165, 1.54) is 5.56 Å². The first kappa shape index (κ1) is 17.9. The summed E-state index contributed by atoms with van der Waals surface area (Å²) >= 11 is 3.45. The second-order valence-corrected chi connectivity index (χ2v) is 8.72. The van der Waals surface area contributed by atoms with Gasteiger partial charge in [0, 0.05) is 31.0 Å². The highest BCUT2D eigenvalue weighted by molar-refractivity contribution is 7.99. The van der Waals surface area contributed by atoms with Gasteiger partial charge in [-0.25, -0.2) is 4.98 Å². The van der Waals surface area contributed by atoms with Gasteiger partial charge < -0.3 is 4.74 Å². The molecule has 0 aliphatic carbocycles. The SMILES string of the molecule is Cc1ccc(-c2nnc(SCCN3CCOCC3)c3nc(C)sc23)cc1. The summed E-state index contributed by atoms with van der Waals surface area (Å²) < 4.78 is 6.54. The zero-order valence-corrected chi connectivity index (χ0v) is 16.7. The van der Waals surface area contributed by atoms with E-state index < -0.39 is 0 Å². The first-order valence-electron chi connectivity index (χ1n) is 8.84. The van der Waals surface area contributed by atoms with Crippen molar-refractivity contribution in [3.05, 3.63) is 34.8 Å². The number of rotatable bonds is 5. The third kappa shape index (κ3) is 3.91. The van der Waals surface area contributed by atoms with Crippen LogP contribution in [0.4, 0.5) is 0 Å². The fourth-order valence-corrected chi connectivity index (χ4v) is 4.93.